The second-order valence-electron chi connectivity index (χ2n) is 1.77. The van der Waals surface area contributed by atoms with Crippen LogP contribution in [0.5, 0.6) is 0 Å². The minimum atomic E-state index is 0. The maximum Gasteiger partial charge on any atom is 1.00 e. The first kappa shape index (κ1) is 7.42. The molecule has 0 atom stereocenters. The molecule has 1 aliphatic heterocycles. The number of thiophene rings is 1. The Labute approximate surface area is 80.5 Å². The zero-order valence-electron chi connectivity index (χ0n) is 5.29. The van der Waals surface area contributed by atoms with E-state index in [2.05, 4.69) is 29.6 Å². The van der Waals surface area contributed by atoms with Crippen LogP contribution in [0.1, 0.15) is 0 Å². The van der Waals surface area contributed by atoms with E-state index in [9.17, 15) is 0 Å². The van der Waals surface area contributed by atoms with E-state index in [0.717, 1.165) is 0 Å². The zero-order valence-corrected chi connectivity index (χ0v) is 8.11. The fourth-order valence-electron chi connectivity index (χ4n) is 0.843. The van der Waals surface area contributed by atoms with Gasteiger partial charge in [0, 0.05) is 0 Å². The van der Waals surface area contributed by atoms with Crippen molar-refractivity contribution in [2.24, 2.45) is 0 Å². The summed E-state index contributed by atoms with van der Waals surface area (Å²) in [4.78, 5) is 1.39. The summed E-state index contributed by atoms with van der Waals surface area (Å²) in [7, 11) is 0. The molecule has 0 aromatic carbocycles. The van der Waals surface area contributed by atoms with Crippen molar-refractivity contribution in [1.82, 2.24) is 0 Å². The molecule has 2 heteroatoms. The van der Waals surface area contributed by atoms with Gasteiger partial charge in [-0.3, -0.25) is 11.3 Å². The van der Waals surface area contributed by atoms with Gasteiger partial charge >= 0.3 is 29.6 Å². The van der Waals surface area contributed by atoms with E-state index in [0.29, 0.717) is 0 Å². The molecule has 0 fully saturated rings. The topological polar surface area (TPSA) is 0 Å². The molecule has 1 heterocycles. The van der Waals surface area contributed by atoms with Crippen molar-refractivity contribution in [2.45, 2.75) is 0 Å². The van der Waals surface area contributed by atoms with Gasteiger partial charge < -0.3 is 0 Å². The van der Waals surface area contributed by atoms with Crippen LogP contribution in [0, 0.1) is 0 Å². The molecule has 9 heavy (non-hydrogen) atoms. The Balaban J connectivity index is 0.000000405. The standard InChI is InChI=1S/C7H5S.Na/c1-2-6-4-5-8-7(6)3-1;/h1-5H;/q-1;+1. The Morgan fingerprint density at radius 1 is 1.33 bits per heavy atom. The van der Waals surface area contributed by atoms with E-state index in [1.54, 1.807) is 11.3 Å². The van der Waals surface area contributed by atoms with Crippen LogP contribution in [-0.2, 0) is 0 Å². The van der Waals surface area contributed by atoms with Gasteiger partial charge in [-0.2, -0.15) is 11.6 Å². The fourth-order valence-corrected chi connectivity index (χ4v) is 1.63. The van der Waals surface area contributed by atoms with Gasteiger partial charge in [-0.1, -0.05) is 6.07 Å². The first-order valence-corrected chi connectivity index (χ1v) is 3.44. The summed E-state index contributed by atoms with van der Waals surface area (Å²) in [5.74, 6) is 0. The Hall–Kier alpha value is 0.310. The van der Waals surface area contributed by atoms with Gasteiger partial charge in [-0.15, -0.1) is 22.4 Å². The molecular formula is C7H5NaS. The van der Waals surface area contributed by atoms with Crippen molar-refractivity contribution < 1.29 is 29.6 Å². The van der Waals surface area contributed by atoms with Crippen LogP contribution >= 0.6 is 11.3 Å². The summed E-state index contributed by atoms with van der Waals surface area (Å²) in [5.41, 5.74) is 1.37. The zero-order chi connectivity index (χ0) is 5.40. The summed E-state index contributed by atoms with van der Waals surface area (Å²) < 4.78 is 0. The average molecular weight is 144 g/mol. The number of fused-ring (bicyclic) bond motifs is 1. The van der Waals surface area contributed by atoms with Crippen LogP contribution in [0.15, 0.2) is 29.6 Å². The number of hydrogen-bond acceptors (Lipinski definition) is 1. The molecule has 0 radical (unpaired) electrons. The van der Waals surface area contributed by atoms with Gasteiger partial charge in [-0.05, 0) is 0 Å². The summed E-state index contributed by atoms with van der Waals surface area (Å²) in [6.45, 7) is 0. The van der Waals surface area contributed by atoms with Crippen molar-refractivity contribution in [1.29, 1.82) is 0 Å². The summed E-state index contributed by atoms with van der Waals surface area (Å²) in [6.07, 6.45) is 0. The van der Waals surface area contributed by atoms with Gasteiger partial charge in [0.1, 0.15) is 0 Å². The maximum atomic E-state index is 2.14. The van der Waals surface area contributed by atoms with E-state index in [1.165, 1.54) is 10.4 Å². The minimum Gasteiger partial charge on any atom is -0.291 e. The van der Waals surface area contributed by atoms with Gasteiger partial charge in [0.05, 0.1) is 0 Å². The molecule has 0 N–H and O–H groups in total. The van der Waals surface area contributed by atoms with Crippen LogP contribution in [0.2, 0.25) is 0 Å². The van der Waals surface area contributed by atoms with Crippen LogP contribution in [0.3, 0.4) is 0 Å². The minimum absolute atomic E-state index is 0. The predicted molar refractivity (Wildman–Crippen MR) is 36.5 cm³/mol. The van der Waals surface area contributed by atoms with E-state index in [-0.39, 0.29) is 29.6 Å². The first-order chi connectivity index (χ1) is 3.97. The van der Waals surface area contributed by atoms with Gasteiger partial charge in [0.2, 0.25) is 0 Å². The largest absolute Gasteiger partial charge is 1.00 e. The molecule has 0 amide bonds. The number of hydrogen-bond donors (Lipinski definition) is 0. The Morgan fingerprint density at radius 2 is 2.22 bits per heavy atom. The van der Waals surface area contributed by atoms with Crippen molar-refractivity contribution >= 4 is 11.3 Å². The average Bonchev–Trinajstić information content (AvgIpc) is 2.15. The van der Waals surface area contributed by atoms with E-state index < -0.39 is 0 Å². The van der Waals surface area contributed by atoms with Gasteiger partial charge in [-0.25, -0.2) is 0 Å². The van der Waals surface area contributed by atoms with E-state index in [4.69, 9.17) is 0 Å². The maximum absolute atomic E-state index is 2.14. The second kappa shape index (κ2) is 2.93. The number of rotatable bonds is 0. The van der Waals surface area contributed by atoms with E-state index in [1.807, 2.05) is 0 Å². The molecular weight excluding hydrogens is 139 g/mol. The molecule has 0 nitrogen and oxygen atoms in total. The SMILES string of the molecule is [Na+].c1cc2c[cH-]sc-2c1. The van der Waals surface area contributed by atoms with Crippen LogP contribution < -0.4 is 29.6 Å². The Morgan fingerprint density at radius 3 is 3.00 bits per heavy atom. The first-order valence-electron chi connectivity index (χ1n) is 2.56. The van der Waals surface area contributed by atoms with Gasteiger partial charge in [0.15, 0.2) is 0 Å². The third kappa shape index (κ3) is 1.24. The fraction of sp³-hybridized carbons (Fsp3) is 0. The molecule has 0 bridgehead atoms. The molecule has 40 valence electrons. The molecule has 0 aromatic rings. The monoisotopic (exact) mass is 144 g/mol. The van der Waals surface area contributed by atoms with Gasteiger partial charge in [0.25, 0.3) is 0 Å². The summed E-state index contributed by atoms with van der Waals surface area (Å²) in [6, 6.07) is 8.49. The molecule has 0 unspecified atom stereocenters. The molecule has 0 saturated carbocycles. The Bertz CT molecular complexity index is 200. The normalized spacial score (nSPS) is 9.33. The molecule has 0 spiro atoms. The van der Waals surface area contributed by atoms with E-state index >= 15 is 0 Å². The molecule has 1 aliphatic carbocycles. The van der Waals surface area contributed by atoms with Crippen LogP contribution in [0.4, 0.5) is 0 Å². The molecule has 2 rings (SSSR count). The summed E-state index contributed by atoms with van der Waals surface area (Å²) in [5, 5.41) is 2.12. The van der Waals surface area contributed by atoms with Crippen molar-refractivity contribution in [3.63, 3.8) is 0 Å². The predicted octanol–water partition coefficient (Wildman–Crippen LogP) is -0.424. The van der Waals surface area contributed by atoms with Crippen molar-refractivity contribution in [3.05, 3.63) is 29.6 Å². The van der Waals surface area contributed by atoms with Crippen molar-refractivity contribution in [2.75, 3.05) is 0 Å². The van der Waals surface area contributed by atoms with Crippen LogP contribution in [0.25, 0.3) is 10.4 Å². The van der Waals surface area contributed by atoms with Crippen molar-refractivity contribution in [3.8, 4) is 10.4 Å². The molecule has 0 aromatic heterocycles. The second-order valence-corrected chi connectivity index (χ2v) is 2.71. The summed E-state index contributed by atoms with van der Waals surface area (Å²) >= 11 is 1.79. The molecule has 0 saturated heterocycles. The third-order valence-electron chi connectivity index (χ3n) is 1.25. The molecule has 2 aliphatic rings. The van der Waals surface area contributed by atoms with Crippen LogP contribution in [-0.4, -0.2) is 0 Å². The quantitative estimate of drug-likeness (QED) is 0.348. The Kier molecular flexibility index (Phi) is 2.42. The third-order valence-corrected chi connectivity index (χ3v) is 2.15. The smallest absolute Gasteiger partial charge is 0.291 e.